The SMILES string of the molecule is COc1ccc(CNC(=O)Nc2cc(S(=O)(=O)N3CCOCC3)ccc2Cl)cc1. The maximum atomic E-state index is 12.8. The van der Waals surface area contributed by atoms with Crippen molar-refractivity contribution in [1.82, 2.24) is 9.62 Å². The Morgan fingerprint density at radius 3 is 2.52 bits per heavy atom. The number of rotatable bonds is 6. The van der Waals surface area contributed by atoms with Crippen molar-refractivity contribution >= 4 is 33.3 Å². The zero-order valence-electron chi connectivity index (χ0n) is 15.9. The van der Waals surface area contributed by atoms with Crippen molar-refractivity contribution in [3.63, 3.8) is 0 Å². The molecular weight excluding hydrogens is 418 g/mol. The van der Waals surface area contributed by atoms with E-state index in [1.54, 1.807) is 19.2 Å². The molecule has 2 N–H and O–H groups in total. The van der Waals surface area contributed by atoms with Gasteiger partial charge in [-0.2, -0.15) is 4.31 Å². The minimum Gasteiger partial charge on any atom is -0.497 e. The summed E-state index contributed by atoms with van der Waals surface area (Å²) >= 11 is 6.14. The van der Waals surface area contributed by atoms with Crippen LogP contribution in [-0.4, -0.2) is 52.2 Å². The van der Waals surface area contributed by atoms with E-state index in [0.29, 0.717) is 19.8 Å². The van der Waals surface area contributed by atoms with E-state index in [1.165, 1.54) is 22.5 Å². The lowest BCUT2D eigenvalue weighted by Gasteiger charge is -2.26. The smallest absolute Gasteiger partial charge is 0.319 e. The molecule has 1 aliphatic rings. The molecule has 1 saturated heterocycles. The number of ether oxygens (including phenoxy) is 2. The molecule has 0 saturated carbocycles. The van der Waals surface area contributed by atoms with Crippen molar-refractivity contribution in [3.05, 3.63) is 53.1 Å². The Morgan fingerprint density at radius 2 is 1.86 bits per heavy atom. The summed E-state index contributed by atoms with van der Waals surface area (Å²) in [4.78, 5) is 12.3. The third-order valence-electron chi connectivity index (χ3n) is 4.41. The molecular formula is C19H22ClN3O5S. The molecule has 3 rings (SSSR count). The van der Waals surface area contributed by atoms with E-state index in [4.69, 9.17) is 21.1 Å². The summed E-state index contributed by atoms with van der Waals surface area (Å²) in [7, 11) is -2.11. The van der Waals surface area contributed by atoms with Gasteiger partial charge in [0, 0.05) is 19.6 Å². The Hall–Kier alpha value is -2.33. The van der Waals surface area contributed by atoms with E-state index < -0.39 is 16.1 Å². The fourth-order valence-corrected chi connectivity index (χ4v) is 4.39. The standard InChI is InChI=1S/C19H22ClN3O5S/c1-27-15-4-2-14(3-5-15)13-21-19(24)22-18-12-16(6-7-17(18)20)29(25,26)23-8-10-28-11-9-23/h2-7,12H,8-11,13H2,1H3,(H2,21,22,24). The summed E-state index contributed by atoms with van der Waals surface area (Å²) in [5.74, 6) is 0.725. The molecule has 0 aromatic heterocycles. The van der Waals surface area contributed by atoms with Crippen LogP contribution < -0.4 is 15.4 Å². The monoisotopic (exact) mass is 439 g/mol. The third kappa shape index (κ3) is 5.39. The second-order valence-electron chi connectivity index (χ2n) is 6.31. The van der Waals surface area contributed by atoms with Crippen LogP contribution in [0.1, 0.15) is 5.56 Å². The van der Waals surface area contributed by atoms with E-state index >= 15 is 0 Å². The van der Waals surface area contributed by atoms with Crippen LogP contribution in [0.15, 0.2) is 47.4 Å². The predicted octanol–water partition coefficient (Wildman–Crippen LogP) is 2.69. The van der Waals surface area contributed by atoms with Crippen LogP contribution in [0.2, 0.25) is 5.02 Å². The highest BCUT2D eigenvalue weighted by Crippen LogP contribution is 2.27. The molecule has 0 aliphatic carbocycles. The van der Waals surface area contributed by atoms with Gasteiger partial charge in [0.15, 0.2) is 0 Å². The molecule has 10 heteroatoms. The van der Waals surface area contributed by atoms with Crippen LogP contribution in [0.4, 0.5) is 10.5 Å². The summed E-state index contributed by atoms with van der Waals surface area (Å²) in [5, 5.41) is 5.55. The molecule has 0 unspecified atom stereocenters. The molecule has 156 valence electrons. The van der Waals surface area contributed by atoms with Crippen molar-refractivity contribution in [2.24, 2.45) is 0 Å². The van der Waals surface area contributed by atoms with Gasteiger partial charge in [-0.3, -0.25) is 0 Å². The highest BCUT2D eigenvalue weighted by molar-refractivity contribution is 7.89. The van der Waals surface area contributed by atoms with Gasteiger partial charge in [-0.05, 0) is 35.9 Å². The maximum Gasteiger partial charge on any atom is 0.319 e. The molecule has 2 aromatic carbocycles. The number of anilines is 1. The van der Waals surface area contributed by atoms with Gasteiger partial charge in [-0.25, -0.2) is 13.2 Å². The number of morpholine rings is 1. The number of amides is 2. The Kier molecular flexibility index (Phi) is 6.96. The Bertz CT molecular complexity index is 960. The first kappa shape index (κ1) is 21.4. The normalized spacial score (nSPS) is 15.0. The average Bonchev–Trinajstić information content (AvgIpc) is 2.74. The quantitative estimate of drug-likeness (QED) is 0.721. The average molecular weight is 440 g/mol. The molecule has 0 radical (unpaired) electrons. The number of halogens is 1. The van der Waals surface area contributed by atoms with Gasteiger partial charge in [0.2, 0.25) is 10.0 Å². The zero-order valence-corrected chi connectivity index (χ0v) is 17.4. The largest absolute Gasteiger partial charge is 0.497 e. The molecule has 1 aliphatic heterocycles. The van der Waals surface area contributed by atoms with Gasteiger partial charge in [-0.1, -0.05) is 23.7 Å². The van der Waals surface area contributed by atoms with Gasteiger partial charge < -0.3 is 20.1 Å². The van der Waals surface area contributed by atoms with E-state index in [0.717, 1.165) is 11.3 Å². The summed E-state index contributed by atoms with van der Waals surface area (Å²) < 4.78 is 37.2. The minimum absolute atomic E-state index is 0.0641. The second kappa shape index (κ2) is 9.45. The first-order chi connectivity index (χ1) is 13.9. The van der Waals surface area contributed by atoms with Gasteiger partial charge in [-0.15, -0.1) is 0 Å². The summed E-state index contributed by atoms with van der Waals surface area (Å²) in [6, 6.07) is 11.0. The Balaban J connectivity index is 1.66. The van der Waals surface area contributed by atoms with Crippen LogP contribution in [0.5, 0.6) is 5.75 Å². The Morgan fingerprint density at radius 1 is 1.17 bits per heavy atom. The van der Waals surface area contributed by atoms with Crippen molar-refractivity contribution in [2.45, 2.75) is 11.4 Å². The number of methoxy groups -OCH3 is 1. The fourth-order valence-electron chi connectivity index (χ4n) is 2.79. The number of urea groups is 1. The molecule has 0 bridgehead atoms. The molecule has 2 amide bonds. The van der Waals surface area contributed by atoms with Gasteiger partial charge in [0.1, 0.15) is 5.75 Å². The van der Waals surface area contributed by atoms with Crippen molar-refractivity contribution in [3.8, 4) is 5.75 Å². The molecule has 0 spiro atoms. The van der Waals surface area contributed by atoms with Crippen LogP contribution in [0.3, 0.4) is 0 Å². The fraction of sp³-hybridized carbons (Fsp3) is 0.316. The number of nitrogens with zero attached hydrogens (tertiary/aromatic N) is 1. The molecule has 0 atom stereocenters. The van der Waals surface area contributed by atoms with Crippen LogP contribution in [-0.2, 0) is 21.3 Å². The molecule has 1 heterocycles. The van der Waals surface area contributed by atoms with Crippen molar-refractivity contribution in [2.75, 3.05) is 38.7 Å². The van der Waals surface area contributed by atoms with Crippen LogP contribution in [0, 0.1) is 0 Å². The molecule has 8 nitrogen and oxygen atoms in total. The van der Waals surface area contributed by atoms with Crippen molar-refractivity contribution < 1.29 is 22.7 Å². The van der Waals surface area contributed by atoms with Gasteiger partial charge in [0.25, 0.3) is 0 Å². The first-order valence-electron chi connectivity index (χ1n) is 8.95. The number of hydrogen-bond acceptors (Lipinski definition) is 5. The lowest BCUT2D eigenvalue weighted by atomic mass is 10.2. The lowest BCUT2D eigenvalue weighted by molar-refractivity contribution is 0.0730. The molecule has 29 heavy (non-hydrogen) atoms. The number of carbonyl (C=O) groups is 1. The van der Waals surface area contributed by atoms with Crippen molar-refractivity contribution in [1.29, 1.82) is 0 Å². The highest BCUT2D eigenvalue weighted by atomic mass is 35.5. The van der Waals surface area contributed by atoms with E-state index in [9.17, 15) is 13.2 Å². The van der Waals surface area contributed by atoms with Gasteiger partial charge >= 0.3 is 6.03 Å². The topological polar surface area (TPSA) is 97.0 Å². The minimum atomic E-state index is -3.69. The van der Waals surface area contributed by atoms with Crippen LogP contribution >= 0.6 is 11.6 Å². The van der Waals surface area contributed by atoms with Gasteiger partial charge in [0.05, 0.1) is 35.9 Å². The Labute approximate surface area is 174 Å². The first-order valence-corrected chi connectivity index (χ1v) is 10.8. The summed E-state index contributed by atoms with van der Waals surface area (Å²) in [6.07, 6.45) is 0. The third-order valence-corrected chi connectivity index (χ3v) is 6.63. The van der Waals surface area contributed by atoms with Crippen LogP contribution in [0.25, 0.3) is 0 Å². The summed E-state index contributed by atoms with van der Waals surface area (Å²) in [6.45, 7) is 1.57. The van der Waals surface area contributed by atoms with E-state index in [1.807, 2.05) is 12.1 Å². The second-order valence-corrected chi connectivity index (χ2v) is 8.66. The molecule has 1 fully saturated rings. The van der Waals surface area contributed by atoms with E-state index in [-0.39, 0.29) is 28.7 Å². The number of benzene rings is 2. The number of hydrogen-bond donors (Lipinski definition) is 2. The maximum absolute atomic E-state index is 12.8. The summed E-state index contributed by atoms with van der Waals surface area (Å²) in [5.41, 5.74) is 1.10. The molecule has 2 aromatic rings. The number of sulfonamides is 1. The number of carbonyl (C=O) groups excluding carboxylic acids is 1. The number of nitrogens with one attached hydrogen (secondary N) is 2. The van der Waals surface area contributed by atoms with E-state index in [2.05, 4.69) is 10.6 Å². The predicted molar refractivity (Wildman–Crippen MR) is 110 cm³/mol. The zero-order chi connectivity index (χ0) is 20.9. The lowest BCUT2D eigenvalue weighted by Crippen LogP contribution is -2.40. The highest BCUT2D eigenvalue weighted by Gasteiger charge is 2.27.